The van der Waals surface area contributed by atoms with E-state index in [2.05, 4.69) is 24.5 Å². The molecule has 0 bridgehead atoms. The van der Waals surface area contributed by atoms with Crippen molar-refractivity contribution in [2.75, 3.05) is 44.2 Å². The van der Waals surface area contributed by atoms with E-state index in [4.69, 9.17) is 11.6 Å². The number of rotatable bonds is 6. The van der Waals surface area contributed by atoms with Gasteiger partial charge in [-0.3, -0.25) is 14.7 Å². The largest absolute Gasteiger partial charge is 0.353 e. The van der Waals surface area contributed by atoms with Crippen LogP contribution in [-0.4, -0.2) is 78.8 Å². The number of anilines is 1. The fourth-order valence-electron chi connectivity index (χ4n) is 3.38. The van der Waals surface area contributed by atoms with Crippen molar-refractivity contribution < 1.29 is 13.2 Å². The first-order valence-electron chi connectivity index (χ1n) is 9.13. The van der Waals surface area contributed by atoms with Gasteiger partial charge < -0.3 is 4.90 Å². The summed E-state index contributed by atoms with van der Waals surface area (Å²) in [6.07, 6.45) is 4.94. The van der Waals surface area contributed by atoms with Gasteiger partial charge in [-0.1, -0.05) is 11.6 Å². The Hall–Kier alpha value is -1.49. The lowest BCUT2D eigenvalue weighted by molar-refractivity contribution is -0.127. The molecule has 1 atom stereocenters. The van der Waals surface area contributed by atoms with Crippen LogP contribution in [0.3, 0.4) is 0 Å². The topological polar surface area (TPSA) is 98.7 Å². The molecule has 0 saturated carbocycles. The van der Waals surface area contributed by atoms with Crippen molar-refractivity contribution in [3.63, 3.8) is 0 Å². The first-order chi connectivity index (χ1) is 12.8. The molecule has 0 spiro atoms. The Morgan fingerprint density at radius 1 is 1.19 bits per heavy atom. The molecule has 2 saturated heterocycles. The summed E-state index contributed by atoms with van der Waals surface area (Å²) in [5.74, 6) is 0.468. The zero-order valence-corrected chi connectivity index (χ0v) is 16.9. The van der Waals surface area contributed by atoms with Gasteiger partial charge in [0.1, 0.15) is 11.0 Å². The number of unbranched alkanes of at least 4 members (excludes halogenated alkanes) is 1. The van der Waals surface area contributed by atoms with Gasteiger partial charge in [0, 0.05) is 45.2 Å². The number of nitrogens with zero attached hydrogens (tertiary/aromatic N) is 5. The van der Waals surface area contributed by atoms with Crippen LogP contribution >= 0.6 is 11.6 Å². The average molecular weight is 417 g/mol. The van der Waals surface area contributed by atoms with Gasteiger partial charge in [-0.25, -0.2) is 9.29 Å². The standard InChI is InChI=1S/C16H25ClN6O3S/c1-13-10-16(24)23(27(25,26)20-13)5-3-2-4-21-6-8-22(9-7-21)15-12-18-11-14(17)19-15/h11-13,20H,2-10H2,1H3. The van der Waals surface area contributed by atoms with Gasteiger partial charge in [0.05, 0.1) is 12.4 Å². The molecule has 2 aliphatic rings. The van der Waals surface area contributed by atoms with Crippen LogP contribution in [0.4, 0.5) is 5.82 Å². The molecular formula is C16H25ClN6O3S. The summed E-state index contributed by atoms with van der Waals surface area (Å²) in [5, 5.41) is 0.390. The summed E-state index contributed by atoms with van der Waals surface area (Å²) in [7, 11) is -3.68. The third-order valence-electron chi connectivity index (χ3n) is 4.77. The van der Waals surface area contributed by atoms with Gasteiger partial charge in [0.25, 0.3) is 0 Å². The lowest BCUT2D eigenvalue weighted by atomic mass is 10.2. The number of piperazine rings is 1. The minimum Gasteiger partial charge on any atom is -0.353 e. The summed E-state index contributed by atoms with van der Waals surface area (Å²) in [6, 6.07) is -0.334. The molecule has 9 nitrogen and oxygen atoms in total. The molecule has 2 fully saturated rings. The molecule has 0 radical (unpaired) electrons. The highest BCUT2D eigenvalue weighted by Gasteiger charge is 2.34. The van der Waals surface area contributed by atoms with E-state index in [0.29, 0.717) is 11.6 Å². The number of hydrogen-bond acceptors (Lipinski definition) is 7. The number of nitrogens with one attached hydrogen (secondary N) is 1. The van der Waals surface area contributed by atoms with Gasteiger partial charge in [0.2, 0.25) is 5.91 Å². The highest BCUT2D eigenvalue weighted by Crippen LogP contribution is 2.16. The molecule has 0 aromatic carbocycles. The molecule has 1 N–H and O–H groups in total. The third-order valence-corrected chi connectivity index (χ3v) is 6.62. The van der Waals surface area contributed by atoms with Crippen LogP contribution in [0.15, 0.2) is 12.4 Å². The number of carbonyl (C=O) groups excluding carboxylic acids is 1. The van der Waals surface area contributed by atoms with E-state index in [1.165, 1.54) is 6.20 Å². The highest BCUT2D eigenvalue weighted by atomic mass is 35.5. The molecule has 1 aromatic heterocycles. The number of aromatic nitrogens is 2. The lowest BCUT2D eigenvalue weighted by Crippen LogP contribution is -2.54. The summed E-state index contributed by atoms with van der Waals surface area (Å²) in [6.45, 7) is 6.29. The molecule has 1 amide bonds. The molecule has 1 unspecified atom stereocenters. The van der Waals surface area contributed by atoms with E-state index >= 15 is 0 Å². The smallest absolute Gasteiger partial charge is 0.303 e. The lowest BCUT2D eigenvalue weighted by Gasteiger charge is -2.35. The highest BCUT2D eigenvalue weighted by molar-refractivity contribution is 7.87. The maximum absolute atomic E-state index is 12.1. The maximum Gasteiger partial charge on any atom is 0.303 e. The van der Waals surface area contributed by atoms with Crippen molar-refractivity contribution >= 4 is 33.5 Å². The Kier molecular flexibility index (Phi) is 6.51. The van der Waals surface area contributed by atoms with Gasteiger partial charge in [-0.2, -0.15) is 13.1 Å². The van der Waals surface area contributed by atoms with E-state index in [1.54, 1.807) is 13.1 Å². The predicted molar refractivity (Wildman–Crippen MR) is 103 cm³/mol. The molecule has 150 valence electrons. The molecule has 27 heavy (non-hydrogen) atoms. The Balaban J connectivity index is 1.39. The van der Waals surface area contributed by atoms with E-state index in [9.17, 15) is 13.2 Å². The molecular weight excluding hydrogens is 392 g/mol. The van der Waals surface area contributed by atoms with Crippen LogP contribution in [-0.2, 0) is 15.0 Å². The molecule has 2 aliphatic heterocycles. The number of hydrogen-bond donors (Lipinski definition) is 1. The van der Waals surface area contributed by atoms with Crippen molar-refractivity contribution in [3.05, 3.63) is 17.5 Å². The fraction of sp³-hybridized carbons (Fsp3) is 0.688. The van der Waals surface area contributed by atoms with E-state index < -0.39 is 10.2 Å². The van der Waals surface area contributed by atoms with Crippen molar-refractivity contribution in [2.24, 2.45) is 0 Å². The van der Waals surface area contributed by atoms with Gasteiger partial charge in [-0.05, 0) is 26.3 Å². The second-order valence-corrected chi connectivity index (χ2v) is 8.94. The monoisotopic (exact) mass is 416 g/mol. The van der Waals surface area contributed by atoms with E-state index in [-0.39, 0.29) is 24.9 Å². The summed E-state index contributed by atoms with van der Waals surface area (Å²) in [5.41, 5.74) is 0. The molecule has 0 aliphatic carbocycles. The van der Waals surface area contributed by atoms with Crippen LogP contribution < -0.4 is 9.62 Å². The first kappa shape index (κ1) is 20.2. The predicted octanol–water partition coefficient (Wildman–Crippen LogP) is 0.487. The van der Waals surface area contributed by atoms with Gasteiger partial charge >= 0.3 is 10.2 Å². The van der Waals surface area contributed by atoms with Crippen LogP contribution in [0.25, 0.3) is 0 Å². The quantitative estimate of drug-likeness (QED) is 0.673. The number of halogens is 1. The summed E-state index contributed by atoms with van der Waals surface area (Å²) in [4.78, 5) is 24.8. The molecule has 11 heteroatoms. The van der Waals surface area contributed by atoms with Gasteiger partial charge in [-0.15, -0.1) is 0 Å². The summed E-state index contributed by atoms with van der Waals surface area (Å²) < 4.78 is 27.6. The minimum absolute atomic E-state index is 0.216. The Bertz CT molecular complexity index is 769. The fourth-order valence-corrected chi connectivity index (χ4v) is 4.95. The van der Waals surface area contributed by atoms with Gasteiger partial charge in [0.15, 0.2) is 0 Å². The normalized spacial score (nSPS) is 23.6. The molecule has 3 heterocycles. The van der Waals surface area contributed by atoms with Crippen molar-refractivity contribution in [3.8, 4) is 0 Å². The maximum atomic E-state index is 12.1. The summed E-state index contributed by atoms with van der Waals surface area (Å²) >= 11 is 5.89. The van der Waals surface area contributed by atoms with Crippen molar-refractivity contribution in [1.82, 2.24) is 23.9 Å². The van der Waals surface area contributed by atoms with Crippen LogP contribution in [0.2, 0.25) is 5.15 Å². The average Bonchev–Trinajstić information content (AvgIpc) is 2.60. The second kappa shape index (κ2) is 8.68. The SMILES string of the molecule is CC1CC(=O)N(CCCCN2CCN(c3cncc(Cl)n3)CC2)S(=O)(=O)N1. The number of carbonyl (C=O) groups is 1. The van der Waals surface area contributed by atoms with Crippen LogP contribution in [0.5, 0.6) is 0 Å². The number of amides is 1. The Morgan fingerprint density at radius 3 is 2.56 bits per heavy atom. The zero-order valence-electron chi connectivity index (χ0n) is 15.3. The van der Waals surface area contributed by atoms with Crippen molar-refractivity contribution in [1.29, 1.82) is 0 Å². The first-order valence-corrected chi connectivity index (χ1v) is 10.9. The minimum atomic E-state index is -3.68. The van der Waals surface area contributed by atoms with Crippen LogP contribution in [0, 0.1) is 0 Å². The van der Waals surface area contributed by atoms with E-state index in [0.717, 1.165) is 49.3 Å². The Morgan fingerprint density at radius 2 is 1.89 bits per heavy atom. The third kappa shape index (κ3) is 5.28. The van der Waals surface area contributed by atoms with Crippen molar-refractivity contribution in [2.45, 2.75) is 32.2 Å². The second-order valence-electron chi connectivity index (χ2n) is 6.93. The zero-order chi connectivity index (χ0) is 19.4. The van der Waals surface area contributed by atoms with E-state index in [1.807, 2.05) is 0 Å². The van der Waals surface area contributed by atoms with Crippen LogP contribution in [0.1, 0.15) is 26.2 Å². The Labute approximate surface area is 164 Å². The molecule has 1 aromatic rings. The molecule has 3 rings (SSSR count).